The predicted octanol–water partition coefficient (Wildman–Crippen LogP) is 2.29. The Morgan fingerprint density at radius 1 is 1.06 bits per heavy atom. The number of aromatic nitrogens is 4. The number of carbonyl (C=O) groups is 1. The Morgan fingerprint density at radius 3 is 2.48 bits per heavy atom. The molecule has 5 rings (SSSR count). The highest BCUT2D eigenvalue weighted by Crippen LogP contribution is 2.25. The van der Waals surface area contributed by atoms with Crippen molar-refractivity contribution in [2.24, 2.45) is 0 Å². The van der Waals surface area contributed by atoms with Gasteiger partial charge < -0.3 is 14.5 Å². The second kappa shape index (κ2) is 8.43. The van der Waals surface area contributed by atoms with E-state index in [2.05, 4.69) is 15.1 Å². The third kappa shape index (κ3) is 3.72. The van der Waals surface area contributed by atoms with Gasteiger partial charge in [0.15, 0.2) is 11.5 Å². The van der Waals surface area contributed by atoms with Gasteiger partial charge in [-0.2, -0.15) is 0 Å². The van der Waals surface area contributed by atoms with E-state index in [1.165, 1.54) is 24.3 Å². The third-order valence-electron chi connectivity index (χ3n) is 5.74. The lowest BCUT2D eigenvalue weighted by Crippen LogP contribution is -2.49. The van der Waals surface area contributed by atoms with Crippen LogP contribution in [0, 0.1) is 10.1 Å². The van der Waals surface area contributed by atoms with Gasteiger partial charge in [0.1, 0.15) is 6.61 Å². The number of para-hydroxylation sites is 1. The molecular formula is C22H21N7O4. The minimum atomic E-state index is -0.479. The van der Waals surface area contributed by atoms with Gasteiger partial charge in [0.2, 0.25) is 5.95 Å². The molecule has 0 aliphatic carbocycles. The van der Waals surface area contributed by atoms with Crippen molar-refractivity contribution in [3.63, 3.8) is 0 Å². The molecule has 168 valence electrons. The van der Waals surface area contributed by atoms with Crippen LogP contribution >= 0.6 is 0 Å². The van der Waals surface area contributed by atoms with E-state index in [1.54, 1.807) is 12.0 Å². The summed E-state index contributed by atoms with van der Waals surface area (Å²) in [6, 6.07) is 13.5. The number of benzene rings is 2. The maximum absolute atomic E-state index is 12.9. The number of nitro benzene ring substituents is 1. The number of amides is 1. The zero-order valence-electron chi connectivity index (χ0n) is 17.9. The highest BCUT2D eigenvalue weighted by atomic mass is 16.6. The molecule has 1 amide bonds. The quantitative estimate of drug-likeness (QED) is 0.338. The Kier molecular flexibility index (Phi) is 5.31. The molecule has 0 radical (unpaired) electrons. The van der Waals surface area contributed by atoms with Gasteiger partial charge in [-0.3, -0.25) is 14.9 Å². The molecule has 1 fully saturated rings. The molecule has 0 spiro atoms. The van der Waals surface area contributed by atoms with Gasteiger partial charge in [0, 0.05) is 56.4 Å². The van der Waals surface area contributed by atoms with Gasteiger partial charge in [0.25, 0.3) is 11.6 Å². The molecule has 1 aliphatic heterocycles. The van der Waals surface area contributed by atoms with Crippen molar-refractivity contribution in [1.82, 2.24) is 24.5 Å². The van der Waals surface area contributed by atoms with E-state index in [9.17, 15) is 14.9 Å². The smallest absolute Gasteiger partial charge is 0.269 e. The first-order valence-corrected chi connectivity index (χ1v) is 10.5. The van der Waals surface area contributed by atoms with E-state index in [-0.39, 0.29) is 11.6 Å². The van der Waals surface area contributed by atoms with Crippen LogP contribution < -0.4 is 4.90 Å². The molecule has 3 heterocycles. The van der Waals surface area contributed by atoms with E-state index in [0.29, 0.717) is 55.8 Å². The monoisotopic (exact) mass is 447 g/mol. The van der Waals surface area contributed by atoms with Crippen LogP contribution in [0.15, 0.2) is 48.5 Å². The topological polar surface area (TPSA) is 119 Å². The third-order valence-corrected chi connectivity index (χ3v) is 5.74. The minimum Gasteiger partial charge on any atom is -0.377 e. The van der Waals surface area contributed by atoms with Gasteiger partial charge in [-0.05, 0) is 24.3 Å². The van der Waals surface area contributed by atoms with Crippen LogP contribution in [0.5, 0.6) is 0 Å². The fourth-order valence-electron chi connectivity index (χ4n) is 4.07. The highest BCUT2D eigenvalue weighted by Gasteiger charge is 2.26. The molecule has 0 unspecified atom stereocenters. The van der Waals surface area contributed by atoms with E-state index in [4.69, 9.17) is 9.72 Å². The van der Waals surface area contributed by atoms with Crippen molar-refractivity contribution in [2.45, 2.75) is 6.61 Å². The maximum Gasteiger partial charge on any atom is 0.269 e. The standard InChI is InChI=1S/C22H21N7O4/c1-33-14-19-24-25-20-17-4-2-3-5-18(17)23-22(28(19)20)27-12-10-26(11-13-27)21(30)15-6-8-16(9-7-15)29(31)32/h2-9H,10-14H2,1H3. The number of non-ortho nitro benzene ring substituents is 1. The van der Waals surface area contributed by atoms with Crippen molar-refractivity contribution < 1.29 is 14.5 Å². The molecule has 0 atom stereocenters. The van der Waals surface area contributed by atoms with E-state index >= 15 is 0 Å². The fourth-order valence-corrected chi connectivity index (χ4v) is 4.07. The average Bonchev–Trinajstić information content (AvgIpc) is 3.28. The first kappa shape index (κ1) is 20.8. The van der Waals surface area contributed by atoms with E-state index in [0.717, 1.165) is 10.9 Å². The summed E-state index contributed by atoms with van der Waals surface area (Å²) in [5.41, 5.74) is 1.93. The van der Waals surface area contributed by atoms with Gasteiger partial charge in [-0.25, -0.2) is 9.38 Å². The Bertz CT molecular complexity index is 1340. The molecule has 33 heavy (non-hydrogen) atoms. The number of hydrogen-bond donors (Lipinski definition) is 0. The van der Waals surface area contributed by atoms with Crippen molar-refractivity contribution in [3.8, 4) is 0 Å². The zero-order chi connectivity index (χ0) is 22.9. The summed E-state index contributed by atoms with van der Waals surface area (Å²) >= 11 is 0. The lowest BCUT2D eigenvalue weighted by molar-refractivity contribution is -0.384. The molecule has 0 bridgehead atoms. The number of methoxy groups -OCH3 is 1. The van der Waals surface area contributed by atoms with Crippen molar-refractivity contribution in [3.05, 3.63) is 70.0 Å². The van der Waals surface area contributed by atoms with Crippen molar-refractivity contribution in [1.29, 1.82) is 0 Å². The number of nitro groups is 1. The SMILES string of the molecule is COCc1nnc2c3ccccc3nc(N3CCN(C(=O)c4ccc([N+](=O)[O-])cc4)CC3)n12. The minimum absolute atomic E-state index is 0.0384. The van der Waals surface area contributed by atoms with Crippen LogP contribution in [0.3, 0.4) is 0 Å². The molecule has 11 heteroatoms. The molecule has 0 saturated carbocycles. The molecule has 1 aliphatic rings. The number of ether oxygens (including phenoxy) is 1. The molecule has 2 aromatic heterocycles. The molecule has 4 aromatic rings. The first-order valence-electron chi connectivity index (χ1n) is 10.5. The Balaban J connectivity index is 1.41. The number of rotatable bonds is 5. The molecular weight excluding hydrogens is 426 g/mol. The zero-order valence-corrected chi connectivity index (χ0v) is 17.9. The first-order chi connectivity index (χ1) is 16.1. The number of hydrogen-bond acceptors (Lipinski definition) is 8. The van der Waals surface area contributed by atoms with E-state index < -0.39 is 4.92 Å². The molecule has 2 aromatic carbocycles. The summed E-state index contributed by atoms with van der Waals surface area (Å²) in [4.78, 5) is 32.0. The van der Waals surface area contributed by atoms with Crippen LogP contribution in [0.25, 0.3) is 16.6 Å². The summed E-state index contributed by atoms with van der Waals surface area (Å²) in [5, 5.41) is 20.4. The average molecular weight is 447 g/mol. The molecule has 11 nitrogen and oxygen atoms in total. The summed E-state index contributed by atoms with van der Waals surface area (Å²) in [7, 11) is 1.61. The lowest BCUT2D eigenvalue weighted by Gasteiger charge is -2.35. The van der Waals surface area contributed by atoms with E-state index in [1.807, 2.05) is 28.7 Å². The fraction of sp³-hybridized carbons (Fsp3) is 0.273. The van der Waals surface area contributed by atoms with Gasteiger partial charge in [0.05, 0.1) is 10.4 Å². The summed E-state index contributed by atoms with van der Waals surface area (Å²) in [6.45, 7) is 2.43. The second-order valence-electron chi connectivity index (χ2n) is 7.72. The van der Waals surface area contributed by atoms with Gasteiger partial charge >= 0.3 is 0 Å². The van der Waals surface area contributed by atoms with Crippen molar-refractivity contribution in [2.75, 3.05) is 38.2 Å². The number of fused-ring (bicyclic) bond motifs is 3. The lowest BCUT2D eigenvalue weighted by atomic mass is 10.1. The maximum atomic E-state index is 12.9. The van der Waals surface area contributed by atoms with Crippen molar-refractivity contribution >= 4 is 34.1 Å². The number of carbonyl (C=O) groups excluding carboxylic acids is 1. The summed E-state index contributed by atoms with van der Waals surface area (Å²) < 4.78 is 7.22. The summed E-state index contributed by atoms with van der Waals surface area (Å²) in [5.74, 6) is 1.22. The van der Waals surface area contributed by atoms with Crippen LogP contribution in [-0.2, 0) is 11.3 Å². The van der Waals surface area contributed by atoms with Crippen LogP contribution in [0.2, 0.25) is 0 Å². The van der Waals surface area contributed by atoms with Crippen LogP contribution in [-0.4, -0.2) is 68.6 Å². The van der Waals surface area contributed by atoms with Crippen LogP contribution in [0.1, 0.15) is 16.2 Å². The Hall–Kier alpha value is -4.12. The summed E-state index contributed by atoms with van der Waals surface area (Å²) in [6.07, 6.45) is 0. The normalized spacial score (nSPS) is 14.2. The number of anilines is 1. The second-order valence-corrected chi connectivity index (χ2v) is 7.72. The van der Waals surface area contributed by atoms with Crippen LogP contribution in [0.4, 0.5) is 11.6 Å². The Labute approximate surface area is 188 Å². The Morgan fingerprint density at radius 2 is 1.79 bits per heavy atom. The van der Waals surface area contributed by atoms with Gasteiger partial charge in [-0.1, -0.05) is 12.1 Å². The number of piperazine rings is 1. The largest absolute Gasteiger partial charge is 0.377 e. The molecule has 1 saturated heterocycles. The van der Waals surface area contributed by atoms with Gasteiger partial charge in [-0.15, -0.1) is 10.2 Å². The highest BCUT2D eigenvalue weighted by molar-refractivity contribution is 5.95. The predicted molar refractivity (Wildman–Crippen MR) is 120 cm³/mol. The molecule has 0 N–H and O–H groups in total. The number of nitrogens with zero attached hydrogens (tertiary/aromatic N) is 7.